The van der Waals surface area contributed by atoms with E-state index in [-0.39, 0.29) is 23.6 Å². The summed E-state index contributed by atoms with van der Waals surface area (Å²) in [5, 5.41) is 0.385. The lowest BCUT2D eigenvalue weighted by atomic mass is 10.0. The fourth-order valence-corrected chi connectivity index (χ4v) is 3.59. The van der Waals surface area contributed by atoms with Crippen molar-refractivity contribution in [3.8, 4) is 28.4 Å². The highest BCUT2D eigenvalue weighted by Gasteiger charge is 2.16. The summed E-state index contributed by atoms with van der Waals surface area (Å²) in [6.07, 6.45) is 0. The van der Waals surface area contributed by atoms with Crippen molar-refractivity contribution in [1.29, 1.82) is 0 Å². The third-order valence-corrected chi connectivity index (χ3v) is 5.25. The Kier molecular flexibility index (Phi) is 6.45. The number of carbonyl (C=O) groups is 2. The van der Waals surface area contributed by atoms with Gasteiger partial charge < -0.3 is 18.6 Å². The topological polar surface area (TPSA) is 92.0 Å². The van der Waals surface area contributed by atoms with Crippen molar-refractivity contribution in [2.45, 2.75) is 13.8 Å². The summed E-state index contributed by atoms with van der Waals surface area (Å²) < 4.78 is 22.0. The van der Waals surface area contributed by atoms with Crippen LogP contribution in [0.1, 0.15) is 23.0 Å². The van der Waals surface area contributed by atoms with E-state index in [2.05, 4.69) is 0 Å². The molecule has 7 nitrogen and oxygen atoms in total. The minimum absolute atomic E-state index is 0.113. The van der Waals surface area contributed by atoms with Gasteiger partial charge in [-0.3, -0.25) is 9.59 Å². The zero-order valence-corrected chi connectivity index (χ0v) is 18.9. The van der Waals surface area contributed by atoms with E-state index < -0.39 is 5.97 Å². The van der Waals surface area contributed by atoms with E-state index in [1.165, 1.54) is 26.2 Å². The van der Waals surface area contributed by atoms with Crippen LogP contribution in [0.2, 0.25) is 0 Å². The first-order valence-corrected chi connectivity index (χ1v) is 10.5. The van der Waals surface area contributed by atoms with E-state index in [0.29, 0.717) is 39.4 Å². The second-order valence-electron chi connectivity index (χ2n) is 7.57. The number of hydrogen-bond donors (Lipinski definition) is 0. The predicted octanol–water partition coefficient (Wildman–Crippen LogP) is 4.96. The summed E-state index contributed by atoms with van der Waals surface area (Å²) in [4.78, 5) is 36.9. The maximum Gasteiger partial charge on any atom is 0.349 e. The van der Waals surface area contributed by atoms with Crippen molar-refractivity contribution in [2.75, 3.05) is 13.7 Å². The first-order chi connectivity index (χ1) is 16.4. The Bertz CT molecular complexity index is 1440. The van der Waals surface area contributed by atoms with E-state index in [1.54, 1.807) is 31.2 Å². The molecule has 0 saturated carbocycles. The van der Waals surface area contributed by atoms with Gasteiger partial charge in [-0.25, -0.2) is 4.79 Å². The Morgan fingerprint density at radius 1 is 0.941 bits per heavy atom. The minimum atomic E-state index is -0.656. The molecule has 34 heavy (non-hydrogen) atoms. The highest BCUT2D eigenvalue weighted by Crippen LogP contribution is 2.29. The summed E-state index contributed by atoms with van der Waals surface area (Å²) in [7, 11) is 1.44. The van der Waals surface area contributed by atoms with E-state index >= 15 is 0 Å². The standard InChI is InChI=1S/C27H22O7/c1-16(28)19-9-12-22(24(13-19)31-3)32-15-25(29)34-20-10-11-21-23(14-20)33-17(2)26(27(21)30)18-7-5-4-6-8-18/h4-14H,15H2,1-3H3. The lowest BCUT2D eigenvalue weighted by Crippen LogP contribution is -2.18. The first-order valence-electron chi connectivity index (χ1n) is 10.5. The lowest BCUT2D eigenvalue weighted by Gasteiger charge is -2.12. The largest absolute Gasteiger partial charge is 0.493 e. The number of hydrogen-bond acceptors (Lipinski definition) is 7. The molecule has 0 bridgehead atoms. The third kappa shape index (κ3) is 4.68. The molecule has 0 N–H and O–H groups in total. The molecule has 0 aliphatic rings. The van der Waals surface area contributed by atoms with Crippen LogP contribution in [0.5, 0.6) is 17.2 Å². The smallest absolute Gasteiger partial charge is 0.349 e. The van der Waals surface area contributed by atoms with Gasteiger partial charge >= 0.3 is 5.97 Å². The molecule has 7 heteroatoms. The highest BCUT2D eigenvalue weighted by atomic mass is 16.6. The lowest BCUT2D eigenvalue weighted by molar-refractivity contribution is -0.136. The van der Waals surface area contributed by atoms with E-state index in [9.17, 15) is 14.4 Å². The molecule has 0 radical (unpaired) electrons. The molecule has 4 rings (SSSR count). The molecular weight excluding hydrogens is 436 g/mol. The molecule has 1 aromatic heterocycles. The van der Waals surface area contributed by atoms with Crippen LogP contribution in [0, 0.1) is 6.92 Å². The van der Waals surface area contributed by atoms with Crippen molar-refractivity contribution < 1.29 is 28.2 Å². The molecule has 0 saturated heterocycles. The quantitative estimate of drug-likeness (QED) is 0.219. The molecule has 0 atom stereocenters. The number of aryl methyl sites for hydroxylation is 1. The van der Waals surface area contributed by atoms with E-state index in [0.717, 1.165) is 5.56 Å². The third-order valence-electron chi connectivity index (χ3n) is 5.25. The number of ether oxygens (including phenoxy) is 3. The Hall–Kier alpha value is -4.39. The van der Waals surface area contributed by atoms with Crippen LogP contribution in [-0.2, 0) is 4.79 Å². The molecule has 0 aliphatic carbocycles. The summed E-state index contributed by atoms with van der Waals surface area (Å²) in [5.41, 5.74) is 1.89. The first kappa shape index (κ1) is 22.8. The molecule has 0 unspecified atom stereocenters. The van der Waals surface area contributed by atoms with Gasteiger partial charge in [0.1, 0.15) is 17.1 Å². The van der Waals surface area contributed by atoms with Gasteiger partial charge in [-0.15, -0.1) is 0 Å². The Morgan fingerprint density at radius 3 is 2.41 bits per heavy atom. The van der Waals surface area contributed by atoms with Gasteiger partial charge in [0.25, 0.3) is 0 Å². The van der Waals surface area contributed by atoms with Crippen LogP contribution in [-0.4, -0.2) is 25.5 Å². The Labute approximate surface area is 195 Å². The summed E-state index contributed by atoms with van der Waals surface area (Å²) in [6.45, 7) is 2.78. The van der Waals surface area contributed by atoms with Crippen molar-refractivity contribution in [2.24, 2.45) is 0 Å². The van der Waals surface area contributed by atoms with Gasteiger partial charge in [-0.2, -0.15) is 0 Å². The number of benzene rings is 3. The van der Waals surface area contributed by atoms with Crippen LogP contribution in [0.25, 0.3) is 22.1 Å². The molecule has 1 heterocycles. The second kappa shape index (κ2) is 9.62. The monoisotopic (exact) mass is 458 g/mol. The van der Waals surface area contributed by atoms with Crippen molar-refractivity contribution in [3.63, 3.8) is 0 Å². The highest BCUT2D eigenvalue weighted by molar-refractivity contribution is 5.94. The normalized spacial score (nSPS) is 10.7. The number of esters is 1. The second-order valence-corrected chi connectivity index (χ2v) is 7.57. The van der Waals surface area contributed by atoms with Gasteiger partial charge in [0, 0.05) is 11.6 Å². The summed E-state index contributed by atoms with van der Waals surface area (Å²) in [5.74, 6) is 0.553. The van der Waals surface area contributed by atoms with Crippen molar-refractivity contribution >= 4 is 22.7 Å². The summed E-state index contributed by atoms with van der Waals surface area (Å²) >= 11 is 0. The average Bonchev–Trinajstić information content (AvgIpc) is 2.83. The molecule has 3 aromatic carbocycles. The van der Waals surface area contributed by atoms with Crippen LogP contribution >= 0.6 is 0 Å². The fraction of sp³-hybridized carbons (Fsp3) is 0.148. The number of rotatable bonds is 7. The number of methoxy groups -OCH3 is 1. The molecule has 0 fully saturated rings. The number of ketones is 1. The van der Waals surface area contributed by atoms with Crippen LogP contribution in [0.3, 0.4) is 0 Å². The van der Waals surface area contributed by atoms with Crippen molar-refractivity contribution in [3.05, 3.63) is 88.3 Å². The number of Topliss-reactive ketones (excluding diaryl/α,β-unsaturated/α-hetero) is 1. The van der Waals surface area contributed by atoms with Crippen LogP contribution in [0.4, 0.5) is 0 Å². The van der Waals surface area contributed by atoms with Gasteiger partial charge in [-0.1, -0.05) is 30.3 Å². The average molecular weight is 458 g/mol. The molecule has 0 amide bonds. The molecule has 0 spiro atoms. The van der Waals surface area contributed by atoms with Gasteiger partial charge in [-0.05, 0) is 49.7 Å². The van der Waals surface area contributed by atoms with Gasteiger partial charge in [0.2, 0.25) is 5.43 Å². The fourth-order valence-electron chi connectivity index (χ4n) is 3.59. The Morgan fingerprint density at radius 2 is 1.71 bits per heavy atom. The summed E-state index contributed by atoms with van der Waals surface area (Å²) in [6, 6.07) is 18.6. The SMILES string of the molecule is COc1cc(C(C)=O)ccc1OCC(=O)Oc1ccc2c(=O)c(-c3ccccc3)c(C)oc2c1. The number of fused-ring (bicyclic) bond motifs is 1. The zero-order chi connectivity index (χ0) is 24.2. The molecule has 172 valence electrons. The minimum Gasteiger partial charge on any atom is -0.493 e. The molecular formula is C27H22O7. The van der Waals surface area contributed by atoms with Gasteiger partial charge in [0.05, 0.1) is 18.1 Å². The Balaban J connectivity index is 1.51. The zero-order valence-electron chi connectivity index (χ0n) is 18.9. The van der Waals surface area contributed by atoms with E-state index in [4.69, 9.17) is 18.6 Å². The number of carbonyl (C=O) groups excluding carboxylic acids is 2. The molecule has 4 aromatic rings. The van der Waals surface area contributed by atoms with Crippen molar-refractivity contribution in [1.82, 2.24) is 0 Å². The maximum atomic E-state index is 13.0. The predicted molar refractivity (Wildman–Crippen MR) is 127 cm³/mol. The van der Waals surface area contributed by atoms with Crippen LogP contribution < -0.4 is 19.6 Å². The van der Waals surface area contributed by atoms with Crippen LogP contribution in [0.15, 0.2) is 75.9 Å². The van der Waals surface area contributed by atoms with Gasteiger partial charge in [0.15, 0.2) is 23.9 Å². The molecule has 0 aliphatic heterocycles. The maximum absolute atomic E-state index is 13.0. The van der Waals surface area contributed by atoms with E-state index in [1.807, 2.05) is 30.3 Å².